The lowest BCUT2D eigenvalue weighted by Gasteiger charge is -2.43. The first-order valence-electron chi connectivity index (χ1n) is 12.9. The van der Waals surface area contributed by atoms with Gasteiger partial charge in [0.2, 0.25) is 5.91 Å². The monoisotopic (exact) mass is 501 g/mol. The molecule has 0 spiro atoms. The SMILES string of the molecule is C=CC(=O)N1CC[C@@H](N2CC(c3cc4c(c(C#N)n3)O[C@@H](C)c3c(N5CCOCC5)ccnc3N4)C2)C1. The molecule has 2 aromatic heterocycles. The van der Waals surface area contributed by atoms with Gasteiger partial charge in [0.05, 0.1) is 24.5 Å². The van der Waals surface area contributed by atoms with Gasteiger partial charge in [0.15, 0.2) is 11.4 Å². The molecule has 0 saturated carbocycles. The maximum Gasteiger partial charge on any atom is 0.246 e. The number of carbonyl (C=O) groups excluding carboxylic acids is 1. The number of aromatic nitrogens is 2. The van der Waals surface area contributed by atoms with Crippen molar-refractivity contribution < 1.29 is 14.3 Å². The van der Waals surface area contributed by atoms with Crippen LogP contribution >= 0.6 is 0 Å². The number of morpholine rings is 1. The maximum atomic E-state index is 11.9. The van der Waals surface area contributed by atoms with Gasteiger partial charge in [0, 0.05) is 68.8 Å². The number of nitrogens with zero attached hydrogens (tertiary/aromatic N) is 6. The lowest BCUT2D eigenvalue weighted by molar-refractivity contribution is -0.125. The molecule has 37 heavy (non-hydrogen) atoms. The highest BCUT2D eigenvalue weighted by Gasteiger charge is 2.39. The Morgan fingerprint density at radius 2 is 2.08 bits per heavy atom. The summed E-state index contributed by atoms with van der Waals surface area (Å²) >= 11 is 0. The lowest BCUT2D eigenvalue weighted by atomic mass is 9.92. The van der Waals surface area contributed by atoms with Crippen LogP contribution in [0.15, 0.2) is 31.0 Å². The van der Waals surface area contributed by atoms with Gasteiger partial charge in [-0.25, -0.2) is 9.97 Å². The zero-order valence-corrected chi connectivity index (χ0v) is 21.0. The molecular weight excluding hydrogens is 470 g/mol. The number of anilines is 3. The topological polar surface area (TPSA) is 107 Å². The van der Waals surface area contributed by atoms with Gasteiger partial charge >= 0.3 is 0 Å². The molecule has 2 aromatic rings. The van der Waals surface area contributed by atoms with Gasteiger partial charge < -0.3 is 24.6 Å². The summed E-state index contributed by atoms with van der Waals surface area (Å²) in [6, 6.07) is 6.63. The molecule has 192 valence electrons. The van der Waals surface area contributed by atoms with Crippen molar-refractivity contribution in [2.75, 3.05) is 62.7 Å². The summed E-state index contributed by atoms with van der Waals surface area (Å²) in [4.78, 5) is 27.9. The second-order valence-electron chi connectivity index (χ2n) is 10.0. The van der Waals surface area contributed by atoms with Gasteiger partial charge in [0.1, 0.15) is 18.0 Å². The Morgan fingerprint density at radius 3 is 2.84 bits per heavy atom. The van der Waals surface area contributed by atoms with Crippen LogP contribution in [-0.4, -0.2) is 84.2 Å². The Kier molecular flexibility index (Phi) is 6.18. The molecule has 0 aliphatic carbocycles. The van der Waals surface area contributed by atoms with Crippen LogP contribution in [0.5, 0.6) is 5.75 Å². The number of pyridine rings is 2. The summed E-state index contributed by atoms with van der Waals surface area (Å²) in [6.45, 7) is 11.8. The molecule has 3 saturated heterocycles. The molecule has 4 aliphatic rings. The quantitative estimate of drug-likeness (QED) is 0.633. The molecule has 4 aliphatic heterocycles. The van der Waals surface area contributed by atoms with E-state index in [9.17, 15) is 10.1 Å². The van der Waals surface area contributed by atoms with Gasteiger partial charge in [-0.1, -0.05) is 6.58 Å². The van der Waals surface area contributed by atoms with Gasteiger partial charge in [-0.15, -0.1) is 0 Å². The number of likely N-dealkylation sites (tertiary alicyclic amines) is 2. The van der Waals surface area contributed by atoms with E-state index < -0.39 is 0 Å². The highest BCUT2D eigenvalue weighted by Crippen LogP contribution is 2.44. The molecule has 0 radical (unpaired) electrons. The number of ether oxygens (including phenoxy) is 2. The first-order valence-corrected chi connectivity index (χ1v) is 12.9. The van der Waals surface area contributed by atoms with Crippen LogP contribution in [0.1, 0.15) is 42.3 Å². The zero-order valence-electron chi connectivity index (χ0n) is 21.0. The number of carbonyl (C=O) groups is 1. The normalized spacial score (nSPS) is 23.6. The van der Waals surface area contributed by atoms with Crippen LogP contribution < -0.4 is 15.0 Å². The third-order valence-corrected chi connectivity index (χ3v) is 7.87. The van der Waals surface area contributed by atoms with Crippen LogP contribution in [0.25, 0.3) is 0 Å². The van der Waals surface area contributed by atoms with Crippen molar-refractivity contribution in [3.8, 4) is 11.8 Å². The lowest BCUT2D eigenvalue weighted by Crippen LogP contribution is -2.52. The molecule has 2 atom stereocenters. The van der Waals surface area contributed by atoms with Gasteiger partial charge in [-0.3, -0.25) is 9.69 Å². The second-order valence-corrected chi connectivity index (χ2v) is 10.0. The van der Waals surface area contributed by atoms with Crippen LogP contribution in [0.3, 0.4) is 0 Å². The number of rotatable bonds is 4. The van der Waals surface area contributed by atoms with E-state index in [0.29, 0.717) is 25.0 Å². The Balaban J connectivity index is 1.24. The average Bonchev–Trinajstić information content (AvgIpc) is 3.32. The smallest absolute Gasteiger partial charge is 0.246 e. The average molecular weight is 502 g/mol. The fourth-order valence-electron chi connectivity index (χ4n) is 5.82. The van der Waals surface area contributed by atoms with Crippen molar-refractivity contribution in [1.82, 2.24) is 19.8 Å². The predicted octanol–water partition coefficient (Wildman–Crippen LogP) is 2.57. The third kappa shape index (κ3) is 4.28. The first-order chi connectivity index (χ1) is 18.1. The molecule has 6 heterocycles. The van der Waals surface area contributed by atoms with E-state index in [0.717, 1.165) is 74.1 Å². The molecule has 0 bridgehead atoms. The van der Waals surface area contributed by atoms with Crippen molar-refractivity contribution in [2.45, 2.75) is 31.4 Å². The minimum atomic E-state index is -0.308. The summed E-state index contributed by atoms with van der Waals surface area (Å²) < 4.78 is 11.9. The second kappa shape index (κ2) is 9.65. The standard InChI is InChI=1S/C27H31N7O3/c1-3-24(35)33-7-5-19(16-33)34-14-18(15-34)20-12-21-26(22(13-28)30-20)37-17(2)25-23(4-6-29-27(25)31-21)32-8-10-36-11-9-32/h3-4,6,12,17-19H,1,5,7-11,14-16H2,2H3,(H,29,31)/t17-,19+/m0/s1. The fourth-order valence-corrected chi connectivity index (χ4v) is 5.82. The maximum absolute atomic E-state index is 11.9. The van der Waals surface area contributed by atoms with Gasteiger partial charge in [0.25, 0.3) is 0 Å². The number of amides is 1. The Labute approximate surface area is 216 Å². The summed E-state index contributed by atoms with van der Waals surface area (Å²) in [6.07, 6.45) is 3.86. The molecule has 1 amide bonds. The third-order valence-electron chi connectivity index (χ3n) is 7.87. The highest BCUT2D eigenvalue weighted by molar-refractivity contribution is 5.87. The van der Waals surface area contributed by atoms with Gasteiger partial charge in [-0.2, -0.15) is 5.26 Å². The summed E-state index contributed by atoms with van der Waals surface area (Å²) in [5, 5.41) is 13.4. The number of hydrogen-bond donors (Lipinski definition) is 1. The molecule has 6 rings (SSSR count). The van der Waals surface area contributed by atoms with E-state index in [-0.39, 0.29) is 23.6 Å². The fraction of sp³-hybridized carbons (Fsp3) is 0.481. The van der Waals surface area contributed by atoms with Crippen LogP contribution in [0, 0.1) is 11.3 Å². The first kappa shape index (κ1) is 23.7. The molecule has 1 N–H and O–H groups in total. The Bertz CT molecular complexity index is 1260. The Morgan fingerprint density at radius 1 is 1.27 bits per heavy atom. The number of nitriles is 1. The van der Waals surface area contributed by atoms with Crippen LogP contribution in [-0.2, 0) is 9.53 Å². The van der Waals surface area contributed by atoms with Crippen molar-refractivity contribution >= 4 is 23.1 Å². The number of nitrogens with one attached hydrogen (secondary N) is 1. The van der Waals surface area contributed by atoms with Crippen molar-refractivity contribution in [3.05, 3.63) is 47.9 Å². The van der Waals surface area contributed by atoms with Crippen molar-refractivity contribution in [1.29, 1.82) is 5.26 Å². The minimum absolute atomic E-state index is 0.00312. The molecule has 10 heteroatoms. The molecular formula is C27H31N7O3. The van der Waals surface area contributed by atoms with E-state index in [4.69, 9.17) is 14.5 Å². The molecule has 10 nitrogen and oxygen atoms in total. The van der Waals surface area contributed by atoms with Crippen molar-refractivity contribution in [3.63, 3.8) is 0 Å². The zero-order chi connectivity index (χ0) is 25.5. The van der Waals surface area contributed by atoms with E-state index in [1.807, 2.05) is 30.2 Å². The molecule has 3 fully saturated rings. The van der Waals surface area contributed by atoms with Crippen LogP contribution in [0.4, 0.5) is 17.2 Å². The van der Waals surface area contributed by atoms with E-state index in [1.165, 1.54) is 6.08 Å². The summed E-state index contributed by atoms with van der Waals surface area (Å²) in [5.41, 5.74) is 3.93. The van der Waals surface area contributed by atoms with E-state index >= 15 is 0 Å². The van der Waals surface area contributed by atoms with E-state index in [2.05, 4.69) is 32.7 Å². The predicted molar refractivity (Wildman–Crippen MR) is 138 cm³/mol. The largest absolute Gasteiger partial charge is 0.481 e. The van der Waals surface area contributed by atoms with Crippen molar-refractivity contribution in [2.24, 2.45) is 0 Å². The highest BCUT2D eigenvalue weighted by atomic mass is 16.5. The number of hydrogen-bond acceptors (Lipinski definition) is 9. The molecule has 0 unspecified atom stereocenters. The van der Waals surface area contributed by atoms with E-state index in [1.54, 1.807) is 0 Å². The summed E-state index contributed by atoms with van der Waals surface area (Å²) in [5.74, 6) is 1.42. The molecule has 0 aromatic carbocycles. The number of fused-ring (bicyclic) bond motifs is 2. The van der Waals surface area contributed by atoms with Gasteiger partial charge in [-0.05, 0) is 31.6 Å². The Hall–Kier alpha value is -3.68. The van der Waals surface area contributed by atoms with Crippen LogP contribution in [0.2, 0.25) is 0 Å². The summed E-state index contributed by atoms with van der Waals surface area (Å²) in [7, 11) is 0. The minimum Gasteiger partial charge on any atom is -0.481 e.